The maximum absolute atomic E-state index is 12.3. The van der Waals surface area contributed by atoms with Crippen LogP contribution in [0.25, 0.3) is 0 Å². The van der Waals surface area contributed by atoms with E-state index in [0.29, 0.717) is 12.1 Å². The number of aryl methyl sites for hydroxylation is 1. The Bertz CT molecular complexity index is 787. The van der Waals surface area contributed by atoms with E-state index in [9.17, 15) is 4.79 Å². The second kappa shape index (κ2) is 11.4. The minimum absolute atomic E-state index is 0.0380. The lowest BCUT2D eigenvalue weighted by Gasteiger charge is -2.12. The van der Waals surface area contributed by atoms with Crippen LogP contribution >= 0.6 is 11.3 Å². The highest BCUT2D eigenvalue weighted by atomic mass is 32.1. The zero-order chi connectivity index (χ0) is 20.4. The first-order valence-corrected chi connectivity index (χ1v) is 10.7. The van der Waals surface area contributed by atoms with Crippen molar-refractivity contribution in [1.29, 1.82) is 0 Å². The molecule has 2 aromatic rings. The maximum atomic E-state index is 12.3. The van der Waals surface area contributed by atoms with E-state index in [4.69, 9.17) is 0 Å². The van der Waals surface area contributed by atoms with E-state index in [-0.39, 0.29) is 11.9 Å². The lowest BCUT2D eigenvalue weighted by Crippen LogP contribution is -2.38. The van der Waals surface area contributed by atoms with Gasteiger partial charge in [-0.1, -0.05) is 19.1 Å². The summed E-state index contributed by atoms with van der Waals surface area (Å²) in [6.45, 7) is 10.2. The van der Waals surface area contributed by atoms with Crippen LogP contribution < -0.4 is 16.0 Å². The molecule has 0 aliphatic carbocycles. The smallest absolute Gasteiger partial charge is 0.251 e. The number of carbonyl (C=O) groups is 1. The molecular formula is C21H31N5OS. The standard InChI is InChI=1S/C21H31N5OS/c1-5-15(3)26-20(27)18-9-7-8-17(12-18)14-25-21(22-6-2)23-11-10-19-24-13-16(4)28-19/h7-9,12-13,15H,5-6,10-11,14H2,1-4H3,(H,26,27)(H2,22,23,25). The van der Waals surface area contributed by atoms with Gasteiger partial charge >= 0.3 is 0 Å². The molecule has 7 heteroatoms. The van der Waals surface area contributed by atoms with E-state index in [2.05, 4.69) is 39.8 Å². The van der Waals surface area contributed by atoms with E-state index >= 15 is 0 Å². The molecule has 0 aliphatic heterocycles. The first-order chi connectivity index (χ1) is 13.5. The highest BCUT2D eigenvalue weighted by Crippen LogP contribution is 2.11. The maximum Gasteiger partial charge on any atom is 0.251 e. The molecule has 152 valence electrons. The second-order valence-corrected chi connectivity index (χ2v) is 8.04. The Kier molecular flexibility index (Phi) is 8.94. The lowest BCUT2D eigenvalue weighted by atomic mass is 10.1. The van der Waals surface area contributed by atoms with Gasteiger partial charge in [-0.15, -0.1) is 11.3 Å². The van der Waals surface area contributed by atoms with Gasteiger partial charge in [-0.05, 0) is 44.9 Å². The van der Waals surface area contributed by atoms with Crippen molar-refractivity contribution in [2.75, 3.05) is 13.1 Å². The Morgan fingerprint density at radius 2 is 2.11 bits per heavy atom. The first kappa shape index (κ1) is 21.9. The third-order valence-electron chi connectivity index (χ3n) is 4.24. The number of amides is 1. The molecule has 0 radical (unpaired) electrons. The second-order valence-electron chi connectivity index (χ2n) is 6.72. The molecule has 1 heterocycles. The minimum atomic E-state index is -0.0380. The summed E-state index contributed by atoms with van der Waals surface area (Å²) in [5, 5.41) is 10.7. The summed E-state index contributed by atoms with van der Waals surface area (Å²) in [4.78, 5) is 22.6. The fraction of sp³-hybridized carbons (Fsp3) is 0.476. The summed E-state index contributed by atoms with van der Waals surface area (Å²) in [6.07, 6.45) is 3.69. The number of thiazole rings is 1. The molecule has 3 N–H and O–H groups in total. The van der Waals surface area contributed by atoms with Gasteiger partial charge in [-0.3, -0.25) is 4.79 Å². The Morgan fingerprint density at radius 3 is 2.79 bits per heavy atom. The molecule has 28 heavy (non-hydrogen) atoms. The average molecular weight is 402 g/mol. The summed E-state index contributed by atoms with van der Waals surface area (Å²) < 4.78 is 0. The number of carbonyl (C=O) groups excluding carboxylic acids is 1. The lowest BCUT2D eigenvalue weighted by molar-refractivity contribution is 0.0939. The molecular weight excluding hydrogens is 370 g/mol. The molecule has 1 aromatic carbocycles. The van der Waals surface area contributed by atoms with Crippen molar-refractivity contribution in [2.24, 2.45) is 4.99 Å². The van der Waals surface area contributed by atoms with Crippen molar-refractivity contribution in [1.82, 2.24) is 20.9 Å². The molecule has 1 unspecified atom stereocenters. The van der Waals surface area contributed by atoms with Crippen LogP contribution in [0.5, 0.6) is 0 Å². The van der Waals surface area contributed by atoms with Gasteiger partial charge in [0.1, 0.15) is 0 Å². The molecule has 0 saturated heterocycles. The van der Waals surface area contributed by atoms with Crippen LogP contribution in [0.1, 0.15) is 53.0 Å². The predicted octanol–water partition coefficient (Wildman–Crippen LogP) is 3.28. The number of aromatic nitrogens is 1. The average Bonchev–Trinajstić information content (AvgIpc) is 3.11. The molecule has 0 spiro atoms. The summed E-state index contributed by atoms with van der Waals surface area (Å²) in [7, 11) is 0. The normalized spacial score (nSPS) is 12.5. The Balaban J connectivity index is 1.93. The summed E-state index contributed by atoms with van der Waals surface area (Å²) in [6, 6.07) is 7.81. The number of aliphatic imine (C=N–C) groups is 1. The minimum Gasteiger partial charge on any atom is -0.357 e. The van der Waals surface area contributed by atoms with Gasteiger partial charge in [0.2, 0.25) is 0 Å². The highest BCUT2D eigenvalue weighted by molar-refractivity contribution is 7.11. The summed E-state index contributed by atoms with van der Waals surface area (Å²) in [5.74, 6) is 0.731. The van der Waals surface area contributed by atoms with Crippen molar-refractivity contribution < 1.29 is 4.79 Å². The highest BCUT2D eigenvalue weighted by Gasteiger charge is 2.09. The van der Waals surface area contributed by atoms with E-state index in [1.54, 1.807) is 11.3 Å². The van der Waals surface area contributed by atoms with Crippen molar-refractivity contribution in [3.8, 4) is 0 Å². The number of nitrogens with zero attached hydrogens (tertiary/aromatic N) is 2. The molecule has 1 aromatic heterocycles. The monoisotopic (exact) mass is 401 g/mol. The Hall–Kier alpha value is -2.41. The van der Waals surface area contributed by atoms with Crippen molar-refractivity contribution in [2.45, 2.75) is 53.1 Å². The van der Waals surface area contributed by atoms with E-state index in [1.807, 2.05) is 44.3 Å². The van der Waals surface area contributed by atoms with Crippen molar-refractivity contribution in [3.63, 3.8) is 0 Å². The van der Waals surface area contributed by atoms with Gasteiger partial charge in [-0.2, -0.15) is 0 Å². The third-order valence-corrected chi connectivity index (χ3v) is 5.22. The number of nitrogens with one attached hydrogen (secondary N) is 3. The molecule has 0 saturated carbocycles. The van der Waals surface area contributed by atoms with Crippen LogP contribution in [-0.2, 0) is 13.0 Å². The Morgan fingerprint density at radius 1 is 1.29 bits per heavy atom. The molecule has 6 nitrogen and oxygen atoms in total. The van der Waals surface area contributed by atoms with Gasteiger partial charge in [0, 0.05) is 42.2 Å². The number of benzene rings is 1. The van der Waals surface area contributed by atoms with Gasteiger partial charge in [0.05, 0.1) is 11.6 Å². The molecule has 0 bridgehead atoms. The molecule has 1 amide bonds. The van der Waals surface area contributed by atoms with Gasteiger partial charge in [0.25, 0.3) is 5.91 Å². The fourth-order valence-corrected chi connectivity index (χ4v) is 3.32. The summed E-state index contributed by atoms with van der Waals surface area (Å²) >= 11 is 1.72. The van der Waals surface area contributed by atoms with Crippen LogP contribution in [-0.4, -0.2) is 36.0 Å². The van der Waals surface area contributed by atoms with Crippen LogP contribution in [0.4, 0.5) is 0 Å². The topological polar surface area (TPSA) is 78.4 Å². The van der Waals surface area contributed by atoms with Crippen LogP contribution in [0.3, 0.4) is 0 Å². The first-order valence-electron chi connectivity index (χ1n) is 9.85. The predicted molar refractivity (Wildman–Crippen MR) is 117 cm³/mol. The molecule has 0 fully saturated rings. The molecule has 1 atom stereocenters. The number of guanidine groups is 1. The SMILES string of the molecule is CCNC(=NCc1cccc(C(=O)NC(C)CC)c1)NCCc1ncc(C)s1. The number of hydrogen-bond donors (Lipinski definition) is 3. The van der Waals surface area contributed by atoms with Crippen LogP contribution in [0.2, 0.25) is 0 Å². The third kappa shape index (κ3) is 7.31. The Labute approximate surface area is 171 Å². The zero-order valence-electron chi connectivity index (χ0n) is 17.2. The van der Waals surface area contributed by atoms with E-state index < -0.39 is 0 Å². The zero-order valence-corrected chi connectivity index (χ0v) is 18.0. The van der Waals surface area contributed by atoms with Gasteiger partial charge in [0.15, 0.2) is 5.96 Å². The molecule has 2 rings (SSSR count). The number of hydrogen-bond acceptors (Lipinski definition) is 4. The van der Waals surface area contributed by atoms with Crippen molar-refractivity contribution in [3.05, 3.63) is 51.5 Å². The van der Waals surface area contributed by atoms with E-state index in [0.717, 1.165) is 42.5 Å². The summed E-state index contributed by atoms with van der Waals surface area (Å²) in [5.41, 5.74) is 1.68. The number of rotatable bonds is 9. The van der Waals surface area contributed by atoms with Crippen molar-refractivity contribution >= 4 is 23.2 Å². The van der Waals surface area contributed by atoms with E-state index in [1.165, 1.54) is 4.88 Å². The van der Waals surface area contributed by atoms with Gasteiger partial charge in [-0.25, -0.2) is 9.98 Å². The van der Waals surface area contributed by atoms with Crippen LogP contribution in [0, 0.1) is 6.92 Å². The fourth-order valence-electron chi connectivity index (χ4n) is 2.54. The quantitative estimate of drug-likeness (QED) is 0.445. The van der Waals surface area contributed by atoms with Crippen LogP contribution in [0.15, 0.2) is 35.5 Å². The van der Waals surface area contributed by atoms with Gasteiger partial charge < -0.3 is 16.0 Å². The largest absolute Gasteiger partial charge is 0.357 e. The molecule has 0 aliphatic rings.